The average molecular weight is 389 g/mol. The summed E-state index contributed by atoms with van der Waals surface area (Å²) in [6.07, 6.45) is 0.349. The molecule has 1 unspecified atom stereocenters. The second-order valence-electron chi connectivity index (χ2n) is 6.69. The Kier molecular flexibility index (Phi) is 6.36. The number of hydroxylamine groups is 1. The van der Waals surface area contributed by atoms with Crippen LogP contribution in [0.3, 0.4) is 0 Å². The van der Waals surface area contributed by atoms with Gasteiger partial charge in [0.15, 0.2) is 0 Å². The minimum absolute atomic E-state index is 0.0939. The van der Waals surface area contributed by atoms with E-state index in [1.54, 1.807) is 29.4 Å². The lowest BCUT2D eigenvalue weighted by atomic mass is 10.2. The smallest absolute Gasteiger partial charge is 0.261 e. The molecule has 1 fully saturated rings. The van der Waals surface area contributed by atoms with Gasteiger partial charge in [-0.3, -0.25) is 10.0 Å². The Morgan fingerprint density at radius 3 is 2.48 bits per heavy atom. The van der Waals surface area contributed by atoms with E-state index in [1.165, 1.54) is 12.1 Å². The number of nitrogens with one attached hydrogen (secondary N) is 1. The molecule has 0 aromatic heterocycles. The van der Waals surface area contributed by atoms with Crippen molar-refractivity contribution in [3.63, 3.8) is 0 Å². The van der Waals surface area contributed by atoms with Crippen LogP contribution >= 0.6 is 11.8 Å². The van der Waals surface area contributed by atoms with Gasteiger partial charge < -0.3 is 4.74 Å². The van der Waals surface area contributed by atoms with E-state index < -0.39 is 22.0 Å². The van der Waals surface area contributed by atoms with E-state index in [-0.39, 0.29) is 17.0 Å². The molecule has 0 bridgehead atoms. The van der Waals surface area contributed by atoms with Crippen molar-refractivity contribution in [1.29, 1.82) is 0 Å². The first kappa shape index (κ1) is 20.0. The number of carbonyl (C=O) groups is 1. The predicted molar refractivity (Wildman–Crippen MR) is 96.4 cm³/mol. The second kappa shape index (κ2) is 7.94. The first-order valence-corrected chi connectivity index (χ1v) is 10.6. The molecule has 2 rings (SSSR count). The molecular formula is C16H24N2O5S2. The Bertz CT molecular complexity index is 698. The van der Waals surface area contributed by atoms with Crippen molar-refractivity contribution in [2.75, 3.05) is 18.1 Å². The summed E-state index contributed by atoms with van der Waals surface area (Å²) in [5.41, 5.74) is 1.19. The summed E-state index contributed by atoms with van der Waals surface area (Å²) in [6.45, 7) is 5.94. The molecule has 0 radical (unpaired) electrons. The molecule has 1 heterocycles. The lowest BCUT2D eigenvalue weighted by Gasteiger charge is -2.27. The maximum Gasteiger partial charge on any atom is 0.261 e. The molecule has 1 aromatic carbocycles. The van der Waals surface area contributed by atoms with Crippen LogP contribution in [-0.4, -0.2) is 53.5 Å². The number of benzene rings is 1. The van der Waals surface area contributed by atoms with Crippen molar-refractivity contribution in [3.8, 4) is 5.75 Å². The number of sulfonamides is 1. The molecule has 0 spiro atoms. The highest BCUT2D eigenvalue weighted by atomic mass is 32.2. The largest absolute Gasteiger partial charge is 0.488 e. The summed E-state index contributed by atoms with van der Waals surface area (Å²) >= 11 is 1.58. The van der Waals surface area contributed by atoms with Gasteiger partial charge in [-0.1, -0.05) is 0 Å². The summed E-state index contributed by atoms with van der Waals surface area (Å²) in [5.74, 6) is 1.11. The van der Waals surface area contributed by atoms with Gasteiger partial charge in [0.1, 0.15) is 17.4 Å². The Morgan fingerprint density at radius 2 is 1.92 bits per heavy atom. The van der Waals surface area contributed by atoms with Crippen LogP contribution < -0.4 is 10.2 Å². The van der Waals surface area contributed by atoms with Gasteiger partial charge in [0.2, 0.25) is 10.0 Å². The third-order valence-corrected chi connectivity index (χ3v) is 6.52. The SMILES string of the molecule is CC(C)(C)Oc1ccc(S(=O)(=O)N2CCSCCC2C(=O)NO)cc1. The molecular weight excluding hydrogens is 364 g/mol. The summed E-state index contributed by atoms with van der Waals surface area (Å²) in [5, 5.41) is 8.93. The molecule has 140 valence electrons. The van der Waals surface area contributed by atoms with Crippen molar-refractivity contribution in [1.82, 2.24) is 9.79 Å². The topological polar surface area (TPSA) is 95.9 Å². The number of amides is 1. The number of thioether (sulfide) groups is 1. The normalized spacial score (nSPS) is 19.9. The van der Waals surface area contributed by atoms with Gasteiger partial charge >= 0.3 is 0 Å². The van der Waals surface area contributed by atoms with Crippen molar-refractivity contribution in [2.45, 2.75) is 43.7 Å². The van der Waals surface area contributed by atoms with Gasteiger partial charge in [0, 0.05) is 12.3 Å². The highest BCUT2D eigenvalue weighted by molar-refractivity contribution is 7.99. The molecule has 1 atom stereocenters. The third kappa shape index (κ3) is 5.10. The molecule has 2 N–H and O–H groups in total. The average Bonchev–Trinajstić information content (AvgIpc) is 2.79. The molecule has 1 saturated heterocycles. The first-order valence-electron chi connectivity index (χ1n) is 7.98. The number of hydrogen-bond donors (Lipinski definition) is 2. The van der Waals surface area contributed by atoms with Gasteiger partial charge in [-0.2, -0.15) is 16.1 Å². The standard InChI is InChI=1S/C16H24N2O5S2/c1-16(2,3)23-12-4-6-13(7-5-12)25(21,22)18-9-11-24-10-8-14(18)15(19)17-20/h4-7,14,20H,8-11H2,1-3H3,(H,17,19). The van der Waals surface area contributed by atoms with E-state index >= 15 is 0 Å². The number of nitrogens with zero attached hydrogens (tertiary/aromatic N) is 1. The van der Waals surface area contributed by atoms with Gasteiger partial charge in [-0.15, -0.1) is 0 Å². The van der Waals surface area contributed by atoms with Crippen LogP contribution in [0.2, 0.25) is 0 Å². The molecule has 0 saturated carbocycles. The van der Waals surface area contributed by atoms with Crippen LogP contribution in [0.25, 0.3) is 0 Å². The van der Waals surface area contributed by atoms with Gasteiger partial charge in [-0.05, 0) is 57.2 Å². The monoisotopic (exact) mass is 388 g/mol. The van der Waals surface area contributed by atoms with E-state index in [9.17, 15) is 13.2 Å². The van der Waals surface area contributed by atoms with E-state index in [1.807, 2.05) is 20.8 Å². The van der Waals surface area contributed by atoms with Crippen molar-refractivity contribution in [2.24, 2.45) is 0 Å². The lowest BCUT2D eigenvalue weighted by Crippen LogP contribution is -2.49. The van der Waals surface area contributed by atoms with Crippen LogP contribution in [0.1, 0.15) is 27.2 Å². The maximum atomic E-state index is 13.0. The molecule has 1 aliphatic heterocycles. The summed E-state index contributed by atoms with van der Waals surface area (Å²) < 4.78 is 32.8. The van der Waals surface area contributed by atoms with Gasteiger partial charge in [0.05, 0.1) is 4.90 Å². The molecule has 7 nitrogen and oxygen atoms in total. The van der Waals surface area contributed by atoms with E-state index in [0.29, 0.717) is 23.7 Å². The molecule has 1 aromatic rings. The zero-order valence-corrected chi connectivity index (χ0v) is 16.2. The lowest BCUT2D eigenvalue weighted by molar-refractivity contribution is -0.133. The summed E-state index contributed by atoms with van der Waals surface area (Å²) in [6, 6.07) is 5.23. The first-order chi connectivity index (χ1) is 11.6. The fraction of sp³-hybridized carbons (Fsp3) is 0.562. The Hall–Kier alpha value is -1.29. The van der Waals surface area contributed by atoms with Crippen LogP contribution in [0.4, 0.5) is 0 Å². The predicted octanol–water partition coefficient (Wildman–Crippen LogP) is 1.87. The fourth-order valence-corrected chi connectivity index (χ4v) is 5.20. The van der Waals surface area contributed by atoms with E-state index in [4.69, 9.17) is 9.94 Å². The third-order valence-electron chi connectivity index (χ3n) is 3.61. The van der Waals surface area contributed by atoms with Crippen molar-refractivity contribution in [3.05, 3.63) is 24.3 Å². The molecule has 1 amide bonds. The summed E-state index contributed by atoms with van der Waals surface area (Å²) in [7, 11) is -3.86. The van der Waals surface area contributed by atoms with Gasteiger partial charge in [0.25, 0.3) is 5.91 Å². The van der Waals surface area contributed by atoms with E-state index in [0.717, 1.165) is 4.31 Å². The number of hydrogen-bond acceptors (Lipinski definition) is 6. The fourth-order valence-electron chi connectivity index (χ4n) is 2.54. The van der Waals surface area contributed by atoms with Gasteiger partial charge in [-0.25, -0.2) is 13.9 Å². The number of rotatable bonds is 4. The molecule has 0 aliphatic carbocycles. The van der Waals surface area contributed by atoms with E-state index in [2.05, 4.69) is 0 Å². The van der Waals surface area contributed by atoms with Crippen molar-refractivity contribution >= 4 is 27.7 Å². The zero-order valence-electron chi connectivity index (χ0n) is 14.6. The molecule has 25 heavy (non-hydrogen) atoms. The molecule has 9 heteroatoms. The number of ether oxygens (including phenoxy) is 1. The minimum atomic E-state index is -3.86. The number of carbonyl (C=O) groups excluding carboxylic acids is 1. The quantitative estimate of drug-likeness (QED) is 0.604. The van der Waals surface area contributed by atoms with Crippen LogP contribution in [0, 0.1) is 0 Å². The summed E-state index contributed by atoms with van der Waals surface area (Å²) in [4.78, 5) is 12.0. The maximum absolute atomic E-state index is 13.0. The second-order valence-corrected chi connectivity index (χ2v) is 9.81. The highest BCUT2D eigenvalue weighted by Crippen LogP contribution is 2.26. The Labute approximate surface area is 152 Å². The van der Waals surface area contributed by atoms with Crippen LogP contribution in [0.5, 0.6) is 5.75 Å². The highest BCUT2D eigenvalue weighted by Gasteiger charge is 2.36. The van der Waals surface area contributed by atoms with Crippen LogP contribution in [0.15, 0.2) is 29.2 Å². The van der Waals surface area contributed by atoms with Crippen LogP contribution in [-0.2, 0) is 14.8 Å². The zero-order chi connectivity index (χ0) is 18.7. The minimum Gasteiger partial charge on any atom is -0.488 e. The van der Waals surface area contributed by atoms with Crippen molar-refractivity contribution < 1.29 is 23.2 Å². The Morgan fingerprint density at radius 1 is 1.28 bits per heavy atom. The molecule has 1 aliphatic rings. The Balaban J connectivity index is 2.30.